The first-order valence-electron chi connectivity index (χ1n) is 5.54. The van der Waals surface area contributed by atoms with Gasteiger partial charge in [-0.2, -0.15) is 0 Å². The Balaban J connectivity index is 2.11. The van der Waals surface area contributed by atoms with E-state index in [-0.39, 0.29) is 12.3 Å². The summed E-state index contributed by atoms with van der Waals surface area (Å²) in [6.45, 7) is 3.52. The summed E-state index contributed by atoms with van der Waals surface area (Å²) >= 11 is 6.07. The van der Waals surface area contributed by atoms with Gasteiger partial charge in [0, 0.05) is 11.1 Å². The molecule has 1 saturated heterocycles. The zero-order valence-corrected chi connectivity index (χ0v) is 9.93. The smallest absolute Gasteiger partial charge is 0.231 e. The van der Waals surface area contributed by atoms with E-state index in [0.29, 0.717) is 10.8 Å². The van der Waals surface area contributed by atoms with E-state index in [0.717, 1.165) is 24.3 Å². The maximum absolute atomic E-state index is 6.07. The van der Waals surface area contributed by atoms with Gasteiger partial charge in [0.25, 0.3) is 0 Å². The molecule has 4 heteroatoms. The first kappa shape index (κ1) is 10.2. The van der Waals surface area contributed by atoms with Crippen molar-refractivity contribution in [1.29, 1.82) is 0 Å². The molecule has 1 N–H and O–H groups in total. The third-order valence-corrected chi connectivity index (χ3v) is 3.73. The van der Waals surface area contributed by atoms with Crippen LogP contribution in [0, 0.1) is 0 Å². The van der Waals surface area contributed by atoms with Crippen LogP contribution in [-0.2, 0) is 5.54 Å². The highest BCUT2D eigenvalue weighted by atomic mass is 35.5. The zero-order chi connectivity index (χ0) is 11.2. The van der Waals surface area contributed by atoms with Gasteiger partial charge in [-0.3, -0.25) is 0 Å². The molecule has 1 fully saturated rings. The van der Waals surface area contributed by atoms with Crippen LogP contribution in [0.15, 0.2) is 12.1 Å². The Hall–Kier alpha value is -0.930. The van der Waals surface area contributed by atoms with Crippen LogP contribution in [-0.4, -0.2) is 13.3 Å². The van der Waals surface area contributed by atoms with Gasteiger partial charge in [0.15, 0.2) is 11.5 Å². The zero-order valence-electron chi connectivity index (χ0n) is 9.18. The van der Waals surface area contributed by atoms with Crippen LogP contribution < -0.4 is 14.8 Å². The fourth-order valence-electron chi connectivity index (χ4n) is 2.52. The van der Waals surface area contributed by atoms with Crippen molar-refractivity contribution in [2.75, 3.05) is 13.3 Å². The molecule has 86 valence electrons. The standard InChI is InChI=1S/C12H14ClNO2/c1-12(5-2-6-14-12)8-3-4-9(13)11-10(8)15-7-16-11/h3-4,14H,2,5-7H2,1H3. The first-order chi connectivity index (χ1) is 7.71. The van der Waals surface area contributed by atoms with E-state index in [2.05, 4.69) is 12.2 Å². The van der Waals surface area contributed by atoms with Crippen LogP contribution in [0.3, 0.4) is 0 Å². The molecule has 2 heterocycles. The largest absolute Gasteiger partial charge is 0.453 e. The van der Waals surface area contributed by atoms with Crippen LogP contribution in [0.2, 0.25) is 5.02 Å². The lowest BCUT2D eigenvalue weighted by Crippen LogP contribution is -2.33. The van der Waals surface area contributed by atoms with Gasteiger partial charge in [-0.05, 0) is 32.4 Å². The molecule has 0 aromatic heterocycles. The Bertz CT molecular complexity index is 427. The van der Waals surface area contributed by atoms with Gasteiger partial charge >= 0.3 is 0 Å². The van der Waals surface area contributed by atoms with E-state index in [4.69, 9.17) is 21.1 Å². The topological polar surface area (TPSA) is 30.5 Å². The molecule has 1 aromatic carbocycles. The Kier molecular flexibility index (Phi) is 2.26. The quantitative estimate of drug-likeness (QED) is 0.817. The van der Waals surface area contributed by atoms with Gasteiger partial charge in [-0.25, -0.2) is 0 Å². The Morgan fingerprint density at radius 1 is 1.31 bits per heavy atom. The Labute approximate surface area is 99.7 Å². The second-order valence-corrected chi connectivity index (χ2v) is 4.93. The van der Waals surface area contributed by atoms with Crippen molar-refractivity contribution in [3.05, 3.63) is 22.7 Å². The summed E-state index contributed by atoms with van der Waals surface area (Å²) in [6, 6.07) is 3.92. The van der Waals surface area contributed by atoms with Gasteiger partial charge in [0.2, 0.25) is 6.79 Å². The maximum atomic E-state index is 6.07. The third-order valence-electron chi connectivity index (χ3n) is 3.43. The second-order valence-electron chi connectivity index (χ2n) is 4.52. The molecule has 1 aromatic rings. The van der Waals surface area contributed by atoms with Gasteiger partial charge < -0.3 is 14.8 Å². The molecule has 2 aliphatic heterocycles. The molecule has 3 rings (SSSR count). The summed E-state index contributed by atoms with van der Waals surface area (Å²) in [7, 11) is 0. The molecule has 16 heavy (non-hydrogen) atoms. The van der Waals surface area contributed by atoms with Crippen molar-refractivity contribution in [1.82, 2.24) is 5.32 Å². The van der Waals surface area contributed by atoms with Crippen molar-refractivity contribution in [3.63, 3.8) is 0 Å². The van der Waals surface area contributed by atoms with Gasteiger partial charge in [0.05, 0.1) is 5.02 Å². The minimum Gasteiger partial charge on any atom is -0.453 e. The summed E-state index contributed by atoms with van der Waals surface area (Å²) in [5.74, 6) is 1.50. The Morgan fingerprint density at radius 2 is 2.12 bits per heavy atom. The monoisotopic (exact) mass is 239 g/mol. The van der Waals surface area contributed by atoms with E-state index >= 15 is 0 Å². The van der Waals surface area contributed by atoms with Crippen molar-refractivity contribution in [2.24, 2.45) is 0 Å². The van der Waals surface area contributed by atoms with Crippen molar-refractivity contribution in [2.45, 2.75) is 25.3 Å². The summed E-state index contributed by atoms with van der Waals surface area (Å²) in [5.41, 5.74) is 1.14. The van der Waals surface area contributed by atoms with Gasteiger partial charge in [0.1, 0.15) is 0 Å². The van der Waals surface area contributed by atoms with Crippen LogP contribution >= 0.6 is 11.6 Å². The van der Waals surface area contributed by atoms with Crippen LogP contribution in [0.25, 0.3) is 0 Å². The molecular weight excluding hydrogens is 226 g/mol. The normalized spacial score (nSPS) is 27.4. The third kappa shape index (κ3) is 1.39. The van der Waals surface area contributed by atoms with Crippen LogP contribution in [0.5, 0.6) is 11.5 Å². The molecule has 0 amide bonds. The lowest BCUT2D eigenvalue weighted by molar-refractivity contribution is 0.172. The maximum Gasteiger partial charge on any atom is 0.231 e. The van der Waals surface area contributed by atoms with Gasteiger partial charge in [-0.1, -0.05) is 17.7 Å². The summed E-state index contributed by atoms with van der Waals surface area (Å²) < 4.78 is 10.9. The molecule has 0 aliphatic carbocycles. The van der Waals surface area contributed by atoms with E-state index in [1.165, 1.54) is 6.42 Å². The molecule has 1 atom stereocenters. The fourth-order valence-corrected chi connectivity index (χ4v) is 2.73. The number of ether oxygens (including phenoxy) is 2. The first-order valence-corrected chi connectivity index (χ1v) is 5.92. The van der Waals surface area contributed by atoms with Crippen molar-refractivity contribution in [3.8, 4) is 11.5 Å². The lowest BCUT2D eigenvalue weighted by Gasteiger charge is -2.26. The molecule has 3 nitrogen and oxygen atoms in total. The average Bonchev–Trinajstić information content (AvgIpc) is 2.88. The predicted octanol–water partition coefficient (Wildman–Crippen LogP) is 2.67. The number of rotatable bonds is 1. The van der Waals surface area contributed by atoms with E-state index in [1.54, 1.807) is 0 Å². The second kappa shape index (κ2) is 3.54. The van der Waals surface area contributed by atoms with Crippen LogP contribution in [0.1, 0.15) is 25.3 Å². The number of benzene rings is 1. The van der Waals surface area contributed by atoms with E-state index < -0.39 is 0 Å². The molecule has 0 radical (unpaired) electrons. The summed E-state index contributed by atoms with van der Waals surface area (Å²) in [4.78, 5) is 0. The number of hydrogen-bond acceptors (Lipinski definition) is 3. The molecule has 2 aliphatic rings. The minimum absolute atomic E-state index is 0.0115. The number of fused-ring (bicyclic) bond motifs is 1. The van der Waals surface area contributed by atoms with E-state index in [9.17, 15) is 0 Å². The molecule has 0 saturated carbocycles. The molecule has 0 spiro atoms. The lowest BCUT2D eigenvalue weighted by atomic mass is 9.89. The number of hydrogen-bond donors (Lipinski definition) is 1. The molecule has 1 unspecified atom stereocenters. The summed E-state index contributed by atoms with van der Waals surface area (Å²) in [5, 5.41) is 4.14. The average molecular weight is 240 g/mol. The van der Waals surface area contributed by atoms with Crippen LogP contribution in [0.4, 0.5) is 0 Å². The number of nitrogens with one attached hydrogen (secondary N) is 1. The molecular formula is C12H14ClNO2. The molecule has 0 bridgehead atoms. The van der Waals surface area contributed by atoms with Gasteiger partial charge in [-0.15, -0.1) is 0 Å². The Morgan fingerprint density at radius 3 is 2.88 bits per heavy atom. The predicted molar refractivity (Wildman–Crippen MR) is 62.2 cm³/mol. The van der Waals surface area contributed by atoms with E-state index in [1.807, 2.05) is 12.1 Å². The highest BCUT2D eigenvalue weighted by molar-refractivity contribution is 6.32. The van der Waals surface area contributed by atoms with Crippen molar-refractivity contribution < 1.29 is 9.47 Å². The summed E-state index contributed by atoms with van der Waals surface area (Å²) in [6.07, 6.45) is 2.30. The minimum atomic E-state index is -0.0115. The van der Waals surface area contributed by atoms with Crippen molar-refractivity contribution >= 4 is 11.6 Å². The number of halogens is 1. The highest BCUT2D eigenvalue weighted by Crippen LogP contribution is 2.47. The highest BCUT2D eigenvalue weighted by Gasteiger charge is 2.36. The fraction of sp³-hybridized carbons (Fsp3) is 0.500. The SMILES string of the molecule is CC1(c2ccc(Cl)c3c2OCO3)CCCN1.